The zero-order valence-electron chi connectivity index (χ0n) is 10.5. The summed E-state index contributed by atoms with van der Waals surface area (Å²) in [5.74, 6) is 0. The smallest absolute Gasteiger partial charge is 0.370 e. The molecule has 0 aromatic carbocycles. The van der Waals surface area contributed by atoms with Gasteiger partial charge in [-0.3, -0.25) is 4.98 Å². The highest BCUT2D eigenvalue weighted by molar-refractivity contribution is 5.56. The van der Waals surface area contributed by atoms with Gasteiger partial charge >= 0.3 is 6.18 Å². The van der Waals surface area contributed by atoms with Gasteiger partial charge in [0, 0.05) is 37.4 Å². The Hall–Kier alpha value is -1.30. The molecule has 2 aliphatic heterocycles. The molecule has 19 heavy (non-hydrogen) atoms. The lowest BCUT2D eigenvalue weighted by atomic mass is 9.73. The molecule has 1 aromatic rings. The third-order valence-corrected chi connectivity index (χ3v) is 4.06. The van der Waals surface area contributed by atoms with Gasteiger partial charge in [0.2, 0.25) is 0 Å². The van der Waals surface area contributed by atoms with Crippen molar-refractivity contribution in [3.05, 3.63) is 24.0 Å². The number of piperidine rings is 1. The van der Waals surface area contributed by atoms with E-state index in [-0.39, 0.29) is 11.1 Å². The van der Waals surface area contributed by atoms with Crippen molar-refractivity contribution < 1.29 is 13.2 Å². The van der Waals surface area contributed by atoms with Crippen LogP contribution in [-0.2, 0) is 6.18 Å². The lowest BCUT2D eigenvalue weighted by molar-refractivity contribution is -0.137. The van der Waals surface area contributed by atoms with Gasteiger partial charge in [-0.2, -0.15) is 13.2 Å². The molecule has 0 bridgehead atoms. The highest BCUT2D eigenvalue weighted by Gasteiger charge is 2.46. The van der Waals surface area contributed by atoms with Gasteiger partial charge in [0.05, 0.1) is 11.3 Å². The summed E-state index contributed by atoms with van der Waals surface area (Å²) in [6.45, 7) is 3.33. The standard InChI is InChI=1S/C13H16F3N3/c14-13(15,16)10-6-17-5-2-11(10)19-8-12(9-19)3-1-4-18-7-12/h2,5-6,18H,1,3-4,7-9H2. The second-order valence-electron chi connectivity index (χ2n) is 5.53. The minimum absolute atomic E-state index is 0.171. The van der Waals surface area contributed by atoms with Gasteiger partial charge in [0.1, 0.15) is 0 Å². The van der Waals surface area contributed by atoms with Crippen LogP contribution in [0.3, 0.4) is 0 Å². The fourth-order valence-corrected chi connectivity index (χ4v) is 3.12. The SMILES string of the molecule is FC(F)(F)c1cnccc1N1CC2(CCCNC2)C1. The van der Waals surface area contributed by atoms with Crippen LogP contribution in [0.15, 0.2) is 18.5 Å². The average molecular weight is 271 g/mol. The van der Waals surface area contributed by atoms with Crippen LogP contribution in [0, 0.1) is 5.41 Å². The zero-order chi connectivity index (χ0) is 13.5. The molecule has 0 unspecified atom stereocenters. The molecule has 0 radical (unpaired) electrons. The summed E-state index contributed by atoms with van der Waals surface area (Å²) in [5, 5.41) is 3.33. The minimum Gasteiger partial charge on any atom is -0.370 e. The second kappa shape index (κ2) is 4.37. The summed E-state index contributed by atoms with van der Waals surface area (Å²) in [5.41, 5.74) is -0.197. The molecule has 0 aliphatic carbocycles. The predicted molar refractivity (Wildman–Crippen MR) is 66.0 cm³/mol. The molecule has 104 valence electrons. The number of aromatic nitrogens is 1. The Bertz CT molecular complexity index is 458. The topological polar surface area (TPSA) is 28.2 Å². The number of rotatable bonds is 1. The van der Waals surface area contributed by atoms with Crippen LogP contribution in [0.2, 0.25) is 0 Å². The van der Waals surface area contributed by atoms with Gasteiger partial charge in [0.15, 0.2) is 0 Å². The Morgan fingerprint density at radius 1 is 1.32 bits per heavy atom. The van der Waals surface area contributed by atoms with Crippen LogP contribution in [0.25, 0.3) is 0 Å². The molecule has 6 heteroatoms. The summed E-state index contributed by atoms with van der Waals surface area (Å²) in [4.78, 5) is 5.41. The van der Waals surface area contributed by atoms with Crippen LogP contribution in [0.1, 0.15) is 18.4 Å². The van der Waals surface area contributed by atoms with Crippen LogP contribution >= 0.6 is 0 Å². The molecule has 1 aromatic heterocycles. The maximum Gasteiger partial charge on any atom is 0.419 e. The van der Waals surface area contributed by atoms with Gasteiger partial charge in [-0.1, -0.05) is 0 Å². The molecule has 3 nitrogen and oxygen atoms in total. The van der Waals surface area contributed by atoms with E-state index in [9.17, 15) is 13.2 Å². The highest BCUT2D eigenvalue weighted by Crippen LogP contribution is 2.43. The van der Waals surface area contributed by atoms with Crippen LogP contribution in [0.5, 0.6) is 0 Å². The van der Waals surface area contributed by atoms with Crippen molar-refractivity contribution in [3.63, 3.8) is 0 Å². The van der Waals surface area contributed by atoms with E-state index in [0.717, 1.165) is 32.1 Å². The fourth-order valence-electron chi connectivity index (χ4n) is 3.12. The van der Waals surface area contributed by atoms with Crippen molar-refractivity contribution in [1.29, 1.82) is 0 Å². The first-order valence-electron chi connectivity index (χ1n) is 6.47. The van der Waals surface area contributed by atoms with Crippen molar-refractivity contribution in [2.24, 2.45) is 5.41 Å². The van der Waals surface area contributed by atoms with Crippen LogP contribution in [0.4, 0.5) is 18.9 Å². The molecule has 3 rings (SSSR count). The summed E-state index contributed by atoms with van der Waals surface area (Å²) in [7, 11) is 0. The molecular weight excluding hydrogens is 255 g/mol. The van der Waals surface area contributed by atoms with E-state index in [4.69, 9.17) is 0 Å². The van der Waals surface area contributed by atoms with Crippen molar-refractivity contribution in [2.75, 3.05) is 31.1 Å². The Labute approximate surface area is 109 Å². The lowest BCUT2D eigenvalue weighted by Crippen LogP contribution is -2.62. The number of pyridine rings is 1. The summed E-state index contributed by atoms with van der Waals surface area (Å²) >= 11 is 0. The van der Waals surface area contributed by atoms with Crippen molar-refractivity contribution in [1.82, 2.24) is 10.3 Å². The quantitative estimate of drug-likeness (QED) is 0.849. The van der Waals surface area contributed by atoms with Crippen LogP contribution in [-0.4, -0.2) is 31.2 Å². The molecule has 2 saturated heterocycles. The Kier molecular flexibility index (Phi) is 2.92. The van der Waals surface area contributed by atoms with Gasteiger partial charge in [-0.25, -0.2) is 0 Å². The highest BCUT2D eigenvalue weighted by atomic mass is 19.4. The molecule has 3 heterocycles. The maximum atomic E-state index is 12.9. The van der Waals surface area contributed by atoms with E-state index in [1.165, 1.54) is 12.3 Å². The van der Waals surface area contributed by atoms with Crippen molar-refractivity contribution in [3.8, 4) is 0 Å². The number of nitrogens with one attached hydrogen (secondary N) is 1. The molecule has 2 fully saturated rings. The number of anilines is 1. The van der Waals surface area contributed by atoms with Crippen molar-refractivity contribution >= 4 is 5.69 Å². The number of nitrogens with zero attached hydrogens (tertiary/aromatic N) is 2. The van der Waals surface area contributed by atoms with Gasteiger partial charge in [-0.05, 0) is 25.5 Å². The van der Waals surface area contributed by atoms with Gasteiger partial charge in [-0.15, -0.1) is 0 Å². The summed E-state index contributed by atoms with van der Waals surface area (Å²) in [6, 6.07) is 1.46. The van der Waals surface area contributed by atoms with E-state index in [2.05, 4.69) is 10.3 Å². The first-order valence-corrected chi connectivity index (χ1v) is 6.47. The number of hydrogen-bond acceptors (Lipinski definition) is 3. The maximum absolute atomic E-state index is 12.9. The number of hydrogen-bond donors (Lipinski definition) is 1. The lowest BCUT2D eigenvalue weighted by Gasteiger charge is -2.54. The molecule has 1 spiro atoms. The van der Waals surface area contributed by atoms with Crippen molar-refractivity contribution in [2.45, 2.75) is 19.0 Å². The average Bonchev–Trinajstić information content (AvgIpc) is 2.36. The largest absolute Gasteiger partial charge is 0.419 e. The summed E-state index contributed by atoms with van der Waals surface area (Å²) < 4.78 is 38.8. The summed E-state index contributed by atoms with van der Waals surface area (Å²) in [6.07, 6.45) is 0.213. The van der Waals surface area contributed by atoms with E-state index in [1.54, 1.807) is 0 Å². The normalized spacial score (nSPS) is 22.4. The molecule has 1 N–H and O–H groups in total. The van der Waals surface area contributed by atoms with Gasteiger partial charge in [0.25, 0.3) is 0 Å². The monoisotopic (exact) mass is 271 g/mol. The van der Waals surface area contributed by atoms with Gasteiger partial charge < -0.3 is 10.2 Å². The van der Waals surface area contributed by atoms with Crippen LogP contribution < -0.4 is 10.2 Å². The molecular formula is C13H16F3N3. The number of alkyl halides is 3. The van der Waals surface area contributed by atoms with E-state index >= 15 is 0 Å². The Balaban J connectivity index is 1.78. The van der Waals surface area contributed by atoms with E-state index in [1.807, 2.05) is 4.90 Å². The second-order valence-corrected chi connectivity index (χ2v) is 5.53. The first-order chi connectivity index (χ1) is 9.00. The van der Waals surface area contributed by atoms with E-state index < -0.39 is 11.7 Å². The first kappa shape index (κ1) is 12.7. The molecule has 0 atom stereocenters. The molecule has 2 aliphatic rings. The zero-order valence-corrected chi connectivity index (χ0v) is 10.5. The molecule has 0 amide bonds. The van der Waals surface area contributed by atoms with E-state index in [0.29, 0.717) is 13.1 Å². The Morgan fingerprint density at radius 2 is 2.11 bits per heavy atom. The third-order valence-electron chi connectivity index (χ3n) is 4.06. The fraction of sp³-hybridized carbons (Fsp3) is 0.615. The minimum atomic E-state index is -4.34. The predicted octanol–water partition coefficient (Wildman–Crippen LogP) is 2.29. The number of halogens is 3. The Morgan fingerprint density at radius 3 is 2.74 bits per heavy atom. The molecule has 0 saturated carbocycles. The third kappa shape index (κ3) is 2.29.